The molecule has 0 radical (unpaired) electrons. The van der Waals surface area contributed by atoms with Gasteiger partial charge in [-0.1, -0.05) is 35.6 Å². The van der Waals surface area contributed by atoms with Gasteiger partial charge in [-0.25, -0.2) is 14.5 Å². The van der Waals surface area contributed by atoms with Crippen LogP contribution in [0, 0.1) is 0 Å². The number of benzene rings is 2. The summed E-state index contributed by atoms with van der Waals surface area (Å²) in [5.74, 6) is 0.278. The second-order valence-corrected chi connectivity index (χ2v) is 11.2. The molecule has 8 nitrogen and oxygen atoms in total. The molecule has 0 bridgehead atoms. The molecule has 0 amide bonds. The maximum Gasteiger partial charge on any atom is 0.338 e. The topological polar surface area (TPSA) is 87.7 Å². The third kappa shape index (κ3) is 4.96. The molecule has 1 aliphatic rings. The van der Waals surface area contributed by atoms with Gasteiger partial charge in [0.25, 0.3) is 5.56 Å². The number of carbonyl (C=O) groups is 1. The van der Waals surface area contributed by atoms with Crippen molar-refractivity contribution in [2.24, 2.45) is 4.99 Å². The van der Waals surface area contributed by atoms with E-state index in [4.69, 9.17) is 14.6 Å². The number of hydrogen-bond acceptors (Lipinski definition) is 8. The zero-order chi connectivity index (χ0) is 28.5. The molecule has 0 saturated carbocycles. The van der Waals surface area contributed by atoms with Gasteiger partial charge in [-0.15, -0.1) is 11.3 Å². The number of allylic oxidation sites excluding steroid dienone is 1. The molecule has 0 saturated heterocycles. The number of thiazole rings is 1. The first-order valence-corrected chi connectivity index (χ1v) is 14.7. The molecule has 10 heteroatoms. The van der Waals surface area contributed by atoms with E-state index in [0.29, 0.717) is 27.2 Å². The Bertz CT molecular complexity index is 1930. The molecule has 0 spiro atoms. The minimum atomic E-state index is -0.613. The van der Waals surface area contributed by atoms with Gasteiger partial charge in [0.05, 0.1) is 35.2 Å². The van der Waals surface area contributed by atoms with Crippen LogP contribution < -0.4 is 19.6 Å². The molecule has 2 aromatic carbocycles. The monoisotopic (exact) mass is 582 g/mol. The number of fused-ring (bicyclic) bond motifs is 1. The molecule has 206 valence electrons. The van der Waals surface area contributed by atoms with E-state index in [1.165, 1.54) is 29.8 Å². The van der Waals surface area contributed by atoms with Gasteiger partial charge in [-0.2, -0.15) is 5.10 Å². The maximum atomic E-state index is 14.0. The molecule has 1 aliphatic heterocycles. The van der Waals surface area contributed by atoms with Crippen molar-refractivity contribution in [3.05, 3.63) is 120 Å². The number of para-hydroxylation sites is 1. The fourth-order valence-electron chi connectivity index (χ4n) is 4.86. The Morgan fingerprint density at radius 1 is 1.07 bits per heavy atom. The zero-order valence-corrected chi connectivity index (χ0v) is 24.2. The number of carbonyl (C=O) groups excluding carboxylic acids is 1. The van der Waals surface area contributed by atoms with Crippen LogP contribution in [0.15, 0.2) is 99.4 Å². The first-order valence-electron chi connectivity index (χ1n) is 13.0. The summed E-state index contributed by atoms with van der Waals surface area (Å²) in [6, 6.07) is 20.8. The number of esters is 1. The fourth-order valence-corrected chi connectivity index (χ4v) is 6.72. The Kier molecular flexibility index (Phi) is 7.25. The largest absolute Gasteiger partial charge is 0.494 e. The summed E-state index contributed by atoms with van der Waals surface area (Å²) >= 11 is 2.77. The van der Waals surface area contributed by atoms with E-state index in [1.54, 1.807) is 11.5 Å². The van der Waals surface area contributed by atoms with Gasteiger partial charge < -0.3 is 9.47 Å². The lowest BCUT2D eigenvalue weighted by atomic mass is 10.0. The Morgan fingerprint density at radius 3 is 2.54 bits per heavy atom. The van der Waals surface area contributed by atoms with Gasteiger partial charge in [0.15, 0.2) is 4.80 Å². The van der Waals surface area contributed by atoms with E-state index in [-0.39, 0.29) is 5.56 Å². The van der Waals surface area contributed by atoms with E-state index in [1.807, 2.05) is 96.0 Å². The van der Waals surface area contributed by atoms with Crippen molar-refractivity contribution in [2.45, 2.75) is 19.9 Å². The summed E-state index contributed by atoms with van der Waals surface area (Å²) in [4.78, 5) is 32.9. The fraction of sp³-hybridized carbons (Fsp3) is 0.161. The van der Waals surface area contributed by atoms with E-state index in [2.05, 4.69) is 4.99 Å². The third-order valence-corrected chi connectivity index (χ3v) is 8.64. The lowest BCUT2D eigenvalue weighted by molar-refractivity contribution is -0.136. The average molecular weight is 583 g/mol. The third-order valence-electron chi connectivity index (χ3n) is 6.73. The normalized spacial score (nSPS) is 15.0. The number of aromatic nitrogens is 3. The van der Waals surface area contributed by atoms with Crippen LogP contribution >= 0.6 is 22.7 Å². The van der Waals surface area contributed by atoms with Gasteiger partial charge >= 0.3 is 5.97 Å². The highest BCUT2D eigenvalue weighted by Crippen LogP contribution is 2.33. The predicted octanol–water partition coefficient (Wildman–Crippen LogP) is 4.72. The molecule has 1 atom stereocenters. The number of hydrogen-bond donors (Lipinski definition) is 0. The van der Waals surface area contributed by atoms with Gasteiger partial charge in [0.1, 0.15) is 17.5 Å². The second kappa shape index (κ2) is 11.1. The number of methoxy groups -OCH3 is 1. The van der Waals surface area contributed by atoms with Crippen molar-refractivity contribution < 1.29 is 14.3 Å². The van der Waals surface area contributed by atoms with E-state index in [0.717, 1.165) is 33.1 Å². The summed E-state index contributed by atoms with van der Waals surface area (Å²) < 4.78 is 14.6. The Morgan fingerprint density at radius 2 is 1.85 bits per heavy atom. The van der Waals surface area contributed by atoms with Gasteiger partial charge in [0, 0.05) is 22.2 Å². The van der Waals surface area contributed by atoms with Gasteiger partial charge in [-0.3, -0.25) is 9.36 Å². The molecule has 4 heterocycles. The molecule has 0 unspecified atom stereocenters. The molecule has 5 aromatic rings. The summed E-state index contributed by atoms with van der Waals surface area (Å²) in [7, 11) is 1.34. The van der Waals surface area contributed by atoms with Crippen LogP contribution in [0.4, 0.5) is 0 Å². The van der Waals surface area contributed by atoms with Crippen LogP contribution in [-0.4, -0.2) is 34.0 Å². The smallest absolute Gasteiger partial charge is 0.338 e. The maximum absolute atomic E-state index is 14.0. The van der Waals surface area contributed by atoms with Crippen LogP contribution in [0.1, 0.15) is 30.3 Å². The second-order valence-electron chi connectivity index (χ2n) is 9.26. The first kappa shape index (κ1) is 26.7. The molecular weight excluding hydrogens is 556 g/mol. The summed E-state index contributed by atoms with van der Waals surface area (Å²) in [5.41, 5.74) is 3.96. The Balaban J connectivity index is 1.54. The summed E-state index contributed by atoms with van der Waals surface area (Å²) in [6.07, 6.45) is 3.77. The van der Waals surface area contributed by atoms with Crippen molar-refractivity contribution in [3.63, 3.8) is 0 Å². The molecule has 0 N–H and O–H groups in total. The highest BCUT2D eigenvalue weighted by atomic mass is 32.1. The first-order chi connectivity index (χ1) is 20.0. The standard InChI is InChI=1S/C31H26N4O4S2/c1-4-39-23-14-12-20(13-15-23)27-21(18-34(33-27)22-9-6-5-7-10-22)17-25-29(36)35-28(24-11-8-16-40-24)26(30(37)38-3)19(2)32-31(35)41-25/h5-18,28H,4H2,1-3H3/b25-17+/t28-/m0/s1. The van der Waals surface area contributed by atoms with Crippen molar-refractivity contribution in [1.29, 1.82) is 0 Å². The number of rotatable bonds is 7. The molecular formula is C31H26N4O4S2. The van der Waals surface area contributed by atoms with Crippen molar-refractivity contribution in [3.8, 4) is 22.7 Å². The Hall–Kier alpha value is -4.54. The minimum absolute atomic E-state index is 0.230. The minimum Gasteiger partial charge on any atom is -0.494 e. The van der Waals surface area contributed by atoms with Crippen molar-refractivity contribution >= 4 is 34.7 Å². The Labute approximate surface area is 243 Å². The summed E-state index contributed by atoms with van der Waals surface area (Å²) in [6.45, 7) is 4.30. The highest BCUT2D eigenvalue weighted by Gasteiger charge is 2.33. The van der Waals surface area contributed by atoms with Crippen LogP contribution in [0.5, 0.6) is 5.75 Å². The van der Waals surface area contributed by atoms with Crippen LogP contribution in [0.3, 0.4) is 0 Å². The number of ether oxygens (including phenoxy) is 2. The van der Waals surface area contributed by atoms with Crippen LogP contribution in [0.2, 0.25) is 0 Å². The van der Waals surface area contributed by atoms with Crippen molar-refractivity contribution in [2.75, 3.05) is 13.7 Å². The quantitative estimate of drug-likeness (QED) is 0.259. The van der Waals surface area contributed by atoms with Gasteiger partial charge in [0.2, 0.25) is 0 Å². The van der Waals surface area contributed by atoms with Crippen molar-refractivity contribution in [1.82, 2.24) is 14.3 Å². The van der Waals surface area contributed by atoms with Crippen LogP contribution in [-0.2, 0) is 9.53 Å². The van der Waals surface area contributed by atoms with E-state index >= 15 is 0 Å². The molecule has 0 fully saturated rings. The lowest BCUT2D eigenvalue weighted by Crippen LogP contribution is -2.39. The van der Waals surface area contributed by atoms with Gasteiger partial charge in [-0.05, 0) is 67.8 Å². The molecule has 41 heavy (non-hydrogen) atoms. The lowest BCUT2D eigenvalue weighted by Gasteiger charge is -2.22. The average Bonchev–Trinajstić information content (AvgIpc) is 3.74. The number of nitrogens with zero attached hydrogens (tertiary/aromatic N) is 4. The highest BCUT2D eigenvalue weighted by molar-refractivity contribution is 7.10. The summed E-state index contributed by atoms with van der Waals surface area (Å²) in [5, 5.41) is 6.82. The van der Waals surface area contributed by atoms with Crippen LogP contribution in [0.25, 0.3) is 23.0 Å². The molecule has 3 aromatic heterocycles. The SMILES string of the molecule is CCOc1ccc(-c2nn(-c3ccccc3)cc2/C=c2/sc3n(c2=O)[C@@H](c2cccs2)C(C(=O)OC)=C(C)N=3)cc1. The molecule has 6 rings (SSSR count). The van der Waals surface area contributed by atoms with E-state index in [9.17, 15) is 9.59 Å². The zero-order valence-electron chi connectivity index (χ0n) is 22.6. The molecule has 0 aliphatic carbocycles. The van der Waals surface area contributed by atoms with E-state index < -0.39 is 12.0 Å². The predicted molar refractivity (Wildman–Crippen MR) is 160 cm³/mol. The number of thiophene rings is 1.